The van der Waals surface area contributed by atoms with Gasteiger partial charge in [0.05, 0.1) is 0 Å². The van der Waals surface area contributed by atoms with Crippen LogP contribution in [0, 0.1) is 0 Å². The van der Waals surface area contributed by atoms with E-state index in [0.29, 0.717) is 6.42 Å². The van der Waals surface area contributed by atoms with Gasteiger partial charge in [0.1, 0.15) is 0 Å². The van der Waals surface area contributed by atoms with Crippen LogP contribution in [0.2, 0.25) is 0 Å². The van der Waals surface area contributed by atoms with Crippen molar-refractivity contribution in [3.63, 3.8) is 0 Å². The van der Waals surface area contributed by atoms with E-state index in [9.17, 15) is 4.79 Å². The maximum atomic E-state index is 12.0. The minimum absolute atomic E-state index is 0.182. The zero-order valence-corrected chi connectivity index (χ0v) is 12.6. The number of hydrogen-bond acceptors (Lipinski definition) is 3. The van der Waals surface area contributed by atoms with Crippen molar-refractivity contribution >= 4 is 21.7 Å². The average Bonchev–Trinajstić information content (AvgIpc) is 2.37. The largest absolute Gasteiger partial charge is 0.385 e. The summed E-state index contributed by atoms with van der Waals surface area (Å²) >= 11 is 3.40. The summed E-state index contributed by atoms with van der Waals surface area (Å²) in [4.78, 5) is 14.2. The van der Waals surface area contributed by atoms with Gasteiger partial charge >= 0.3 is 0 Å². The number of methoxy groups -OCH3 is 1. The molecule has 0 heterocycles. The van der Waals surface area contributed by atoms with Crippen molar-refractivity contribution in [2.24, 2.45) is 0 Å². The molecule has 0 bridgehead atoms. The molecule has 0 fully saturated rings. The van der Waals surface area contributed by atoms with Crippen LogP contribution in [-0.2, 0) is 4.74 Å². The summed E-state index contributed by atoms with van der Waals surface area (Å²) < 4.78 is 5.88. The Balaban J connectivity index is 2.35. The first-order chi connectivity index (χ1) is 8.65. The molecule has 4 heteroatoms. The molecule has 3 nitrogen and oxygen atoms in total. The van der Waals surface area contributed by atoms with E-state index < -0.39 is 0 Å². The normalized spacial score (nSPS) is 10.9. The van der Waals surface area contributed by atoms with E-state index in [2.05, 4.69) is 20.8 Å². The van der Waals surface area contributed by atoms with Crippen LogP contribution in [0.3, 0.4) is 0 Å². The zero-order valence-electron chi connectivity index (χ0n) is 11.0. The first-order valence-electron chi connectivity index (χ1n) is 6.10. The lowest BCUT2D eigenvalue weighted by atomic mass is 10.1. The molecule has 0 amide bonds. The highest BCUT2D eigenvalue weighted by atomic mass is 79.9. The molecule has 0 atom stereocenters. The lowest BCUT2D eigenvalue weighted by molar-refractivity contribution is 0.0966. The molecule has 0 aliphatic carbocycles. The molecule has 0 radical (unpaired) electrons. The summed E-state index contributed by atoms with van der Waals surface area (Å²) in [6.45, 7) is 2.50. The van der Waals surface area contributed by atoms with E-state index in [1.165, 1.54) is 0 Å². The monoisotopic (exact) mass is 313 g/mol. The van der Waals surface area contributed by atoms with Crippen LogP contribution >= 0.6 is 15.9 Å². The van der Waals surface area contributed by atoms with Gasteiger partial charge in [-0.05, 0) is 19.5 Å². The van der Waals surface area contributed by atoms with Crippen molar-refractivity contribution in [3.8, 4) is 0 Å². The van der Waals surface area contributed by atoms with Gasteiger partial charge in [-0.15, -0.1) is 0 Å². The van der Waals surface area contributed by atoms with Gasteiger partial charge in [0, 0.05) is 43.3 Å². The Labute approximate surface area is 117 Å². The van der Waals surface area contributed by atoms with Crippen LogP contribution in [0.1, 0.15) is 23.2 Å². The standard InChI is InChI=1S/C14H20BrNO2/c1-16(9-5-11-18-2)10-8-14(17)12-6-3-4-7-13(12)15/h3-4,6-7H,5,8-11H2,1-2H3. The molecule has 0 aliphatic rings. The minimum Gasteiger partial charge on any atom is -0.385 e. The summed E-state index contributed by atoms with van der Waals surface area (Å²) in [6, 6.07) is 7.56. The Morgan fingerprint density at radius 3 is 2.72 bits per heavy atom. The maximum absolute atomic E-state index is 12.0. The zero-order chi connectivity index (χ0) is 13.4. The van der Waals surface area contributed by atoms with Crippen LogP contribution in [0.5, 0.6) is 0 Å². The van der Waals surface area contributed by atoms with Gasteiger partial charge in [-0.25, -0.2) is 0 Å². The fraction of sp³-hybridized carbons (Fsp3) is 0.500. The third-order valence-corrected chi connectivity index (χ3v) is 3.47. The molecular weight excluding hydrogens is 294 g/mol. The lowest BCUT2D eigenvalue weighted by Crippen LogP contribution is -2.24. The number of hydrogen-bond donors (Lipinski definition) is 0. The van der Waals surface area contributed by atoms with Gasteiger partial charge in [-0.3, -0.25) is 4.79 Å². The average molecular weight is 314 g/mol. The summed E-state index contributed by atoms with van der Waals surface area (Å²) in [5, 5.41) is 0. The first-order valence-corrected chi connectivity index (χ1v) is 6.89. The van der Waals surface area contributed by atoms with E-state index in [-0.39, 0.29) is 5.78 Å². The highest BCUT2D eigenvalue weighted by molar-refractivity contribution is 9.10. The Bertz CT molecular complexity index is 382. The maximum Gasteiger partial charge on any atom is 0.165 e. The van der Waals surface area contributed by atoms with Gasteiger partial charge < -0.3 is 9.64 Å². The summed E-state index contributed by atoms with van der Waals surface area (Å²) in [6.07, 6.45) is 1.54. The van der Waals surface area contributed by atoms with Gasteiger partial charge in [0.2, 0.25) is 0 Å². The van der Waals surface area contributed by atoms with E-state index in [4.69, 9.17) is 4.74 Å². The summed E-state index contributed by atoms with van der Waals surface area (Å²) in [5.74, 6) is 0.182. The Morgan fingerprint density at radius 2 is 2.06 bits per heavy atom. The molecule has 1 rings (SSSR count). The fourth-order valence-corrected chi connectivity index (χ4v) is 2.21. The van der Waals surface area contributed by atoms with Gasteiger partial charge in [-0.2, -0.15) is 0 Å². The van der Waals surface area contributed by atoms with Crippen LogP contribution in [-0.4, -0.2) is 44.5 Å². The number of ketones is 1. The number of ether oxygens (including phenoxy) is 1. The van der Waals surface area contributed by atoms with E-state index in [1.54, 1.807) is 7.11 Å². The number of carbonyl (C=O) groups excluding carboxylic acids is 1. The molecule has 0 aromatic heterocycles. The van der Waals surface area contributed by atoms with Crippen molar-refractivity contribution in [2.75, 3.05) is 33.9 Å². The topological polar surface area (TPSA) is 29.5 Å². The highest BCUT2D eigenvalue weighted by Gasteiger charge is 2.10. The number of rotatable bonds is 8. The number of Topliss-reactive ketones (excluding diaryl/α,β-unsaturated/α-hetero) is 1. The van der Waals surface area contributed by atoms with Crippen molar-refractivity contribution < 1.29 is 9.53 Å². The van der Waals surface area contributed by atoms with E-state index in [1.807, 2.05) is 31.3 Å². The van der Waals surface area contributed by atoms with Crippen molar-refractivity contribution in [1.82, 2.24) is 4.90 Å². The Morgan fingerprint density at radius 1 is 1.33 bits per heavy atom. The summed E-state index contributed by atoms with van der Waals surface area (Å²) in [7, 11) is 3.74. The van der Waals surface area contributed by atoms with Crippen molar-refractivity contribution in [3.05, 3.63) is 34.3 Å². The molecule has 1 aromatic carbocycles. The predicted molar refractivity (Wildman–Crippen MR) is 77.1 cm³/mol. The van der Waals surface area contributed by atoms with Gasteiger partial charge in [0.15, 0.2) is 5.78 Å². The Kier molecular flexibility index (Phi) is 7.16. The summed E-state index contributed by atoms with van der Waals surface area (Å²) in [5.41, 5.74) is 0.766. The van der Waals surface area contributed by atoms with E-state index >= 15 is 0 Å². The lowest BCUT2D eigenvalue weighted by Gasteiger charge is -2.15. The molecule has 0 saturated heterocycles. The second kappa shape index (κ2) is 8.40. The predicted octanol–water partition coefficient (Wildman–Crippen LogP) is 2.99. The van der Waals surface area contributed by atoms with Crippen molar-refractivity contribution in [1.29, 1.82) is 0 Å². The molecule has 0 N–H and O–H groups in total. The molecule has 1 aromatic rings. The van der Waals surface area contributed by atoms with Crippen LogP contribution in [0.25, 0.3) is 0 Å². The van der Waals surface area contributed by atoms with Gasteiger partial charge in [-0.1, -0.05) is 34.1 Å². The number of halogens is 1. The van der Waals surface area contributed by atoms with Crippen LogP contribution < -0.4 is 0 Å². The number of benzene rings is 1. The second-order valence-corrected chi connectivity index (χ2v) is 5.16. The smallest absolute Gasteiger partial charge is 0.165 e. The fourth-order valence-electron chi connectivity index (χ4n) is 1.71. The third-order valence-electron chi connectivity index (χ3n) is 2.78. The second-order valence-electron chi connectivity index (χ2n) is 4.30. The number of nitrogens with zero attached hydrogens (tertiary/aromatic N) is 1. The van der Waals surface area contributed by atoms with Gasteiger partial charge in [0.25, 0.3) is 0 Å². The van der Waals surface area contributed by atoms with Crippen LogP contribution in [0.4, 0.5) is 0 Å². The third kappa shape index (κ3) is 5.29. The molecule has 100 valence electrons. The Hall–Kier alpha value is -0.710. The van der Waals surface area contributed by atoms with E-state index in [0.717, 1.165) is 36.2 Å². The van der Waals surface area contributed by atoms with Crippen LogP contribution in [0.15, 0.2) is 28.7 Å². The first kappa shape index (κ1) is 15.3. The molecular formula is C14H20BrNO2. The molecule has 0 saturated carbocycles. The quantitative estimate of drug-likeness (QED) is 0.546. The molecule has 0 unspecified atom stereocenters. The molecule has 0 spiro atoms. The minimum atomic E-state index is 0.182. The molecule has 18 heavy (non-hydrogen) atoms. The highest BCUT2D eigenvalue weighted by Crippen LogP contribution is 2.17. The van der Waals surface area contributed by atoms with Crippen molar-refractivity contribution in [2.45, 2.75) is 12.8 Å². The number of carbonyl (C=O) groups is 1. The SMILES string of the molecule is COCCCN(C)CCC(=O)c1ccccc1Br. The molecule has 0 aliphatic heterocycles.